The van der Waals surface area contributed by atoms with Gasteiger partial charge in [-0.15, -0.1) is 11.3 Å². The van der Waals surface area contributed by atoms with E-state index >= 15 is 0 Å². The number of nitrogens with one attached hydrogen (secondary N) is 1. The molecule has 0 saturated heterocycles. The molecule has 5 heteroatoms. The average Bonchev–Trinajstić information content (AvgIpc) is 2.89. The Morgan fingerprint density at radius 3 is 2.93 bits per heavy atom. The number of rotatable bonds is 4. The molecule has 0 saturated carbocycles. The van der Waals surface area contributed by atoms with Gasteiger partial charge in [0.2, 0.25) is 5.95 Å². The molecule has 2 rings (SSSR count). The van der Waals surface area contributed by atoms with E-state index < -0.39 is 0 Å². The fourth-order valence-corrected chi connectivity index (χ4v) is 2.47. The summed E-state index contributed by atoms with van der Waals surface area (Å²) in [5.41, 5.74) is 0. The molecule has 2 aromatic heterocycles. The van der Waals surface area contributed by atoms with Crippen molar-refractivity contribution >= 4 is 17.3 Å². The molecule has 1 unspecified atom stereocenters. The van der Waals surface area contributed by atoms with Crippen LogP contribution in [0.4, 0.5) is 5.95 Å². The Labute approximate surface area is 93.0 Å². The van der Waals surface area contributed by atoms with Crippen LogP contribution in [-0.4, -0.2) is 21.6 Å². The lowest BCUT2D eigenvalue weighted by Crippen LogP contribution is -2.11. The third kappa shape index (κ3) is 1.87. The monoisotopic (exact) mass is 222 g/mol. The Balaban J connectivity index is 2.35. The summed E-state index contributed by atoms with van der Waals surface area (Å²) >= 11 is 1.69. The van der Waals surface area contributed by atoms with Gasteiger partial charge in [-0.05, 0) is 6.42 Å². The minimum atomic E-state index is 0.287. The first-order chi connectivity index (χ1) is 7.36. The Bertz CT molecular complexity index is 407. The van der Waals surface area contributed by atoms with Crippen LogP contribution in [0.25, 0.3) is 0 Å². The lowest BCUT2D eigenvalue weighted by molar-refractivity contribution is 0.569. The first-order valence-corrected chi connectivity index (χ1v) is 5.84. The van der Waals surface area contributed by atoms with Crippen LogP contribution >= 0.6 is 11.3 Å². The third-order valence-corrected chi connectivity index (χ3v) is 3.23. The van der Waals surface area contributed by atoms with Gasteiger partial charge >= 0.3 is 0 Å². The highest BCUT2D eigenvalue weighted by atomic mass is 32.1. The molecule has 4 nitrogen and oxygen atoms in total. The zero-order valence-corrected chi connectivity index (χ0v) is 9.66. The zero-order chi connectivity index (χ0) is 10.7. The Kier molecular flexibility index (Phi) is 3.01. The van der Waals surface area contributed by atoms with Crippen molar-refractivity contribution in [3.63, 3.8) is 0 Å². The minimum absolute atomic E-state index is 0.287. The van der Waals surface area contributed by atoms with Crippen molar-refractivity contribution in [3.8, 4) is 0 Å². The second-order valence-electron chi connectivity index (χ2n) is 3.20. The van der Waals surface area contributed by atoms with Gasteiger partial charge in [0.1, 0.15) is 5.01 Å². The van der Waals surface area contributed by atoms with Gasteiger partial charge in [0.15, 0.2) is 0 Å². The Morgan fingerprint density at radius 2 is 2.33 bits per heavy atom. The summed E-state index contributed by atoms with van der Waals surface area (Å²) in [4.78, 5) is 8.60. The number of nitrogens with zero attached hydrogens (tertiary/aromatic N) is 3. The molecule has 2 aromatic rings. The summed E-state index contributed by atoms with van der Waals surface area (Å²) < 4.78 is 2.12. The first kappa shape index (κ1) is 10.2. The predicted octanol–water partition coefficient (Wildman–Crippen LogP) is 2.38. The fraction of sp³-hybridized carbons (Fsp3) is 0.400. The topological polar surface area (TPSA) is 42.7 Å². The van der Waals surface area contributed by atoms with Gasteiger partial charge in [-0.2, -0.15) is 0 Å². The maximum Gasteiger partial charge on any atom is 0.203 e. The predicted molar refractivity (Wildman–Crippen MR) is 62.3 cm³/mol. The number of anilines is 1. The second-order valence-corrected chi connectivity index (χ2v) is 4.13. The third-order valence-electron chi connectivity index (χ3n) is 2.35. The smallest absolute Gasteiger partial charge is 0.203 e. The summed E-state index contributed by atoms with van der Waals surface area (Å²) in [5, 5.41) is 6.22. The maximum absolute atomic E-state index is 4.36. The van der Waals surface area contributed by atoms with Gasteiger partial charge in [-0.3, -0.25) is 0 Å². The highest BCUT2D eigenvalue weighted by molar-refractivity contribution is 7.09. The van der Waals surface area contributed by atoms with Gasteiger partial charge in [0.05, 0.1) is 6.04 Å². The van der Waals surface area contributed by atoms with Gasteiger partial charge in [-0.1, -0.05) is 6.92 Å². The highest BCUT2D eigenvalue weighted by Gasteiger charge is 2.16. The molecule has 0 aromatic carbocycles. The van der Waals surface area contributed by atoms with E-state index in [9.17, 15) is 0 Å². The number of aromatic nitrogens is 3. The molecule has 0 spiro atoms. The molecule has 0 amide bonds. The first-order valence-electron chi connectivity index (χ1n) is 4.96. The lowest BCUT2D eigenvalue weighted by Gasteiger charge is -2.16. The van der Waals surface area contributed by atoms with Crippen molar-refractivity contribution in [2.75, 3.05) is 12.4 Å². The van der Waals surface area contributed by atoms with Crippen molar-refractivity contribution in [2.24, 2.45) is 0 Å². The van der Waals surface area contributed by atoms with Crippen molar-refractivity contribution in [2.45, 2.75) is 19.4 Å². The molecule has 0 radical (unpaired) electrons. The van der Waals surface area contributed by atoms with E-state index in [1.165, 1.54) is 0 Å². The van der Waals surface area contributed by atoms with Crippen LogP contribution in [-0.2, 0) is 0 Å². The molecule has 0 aliphatic heterocycles. The molecule has 0 bridgehead atoms. The summed E-state index contributed by atoms with van der Waals surface area (Å²) in [5.74, 6) is 0.886. The number of hydrogen-bond acceptors (Lipinski definition) is 4. The van der Waals surface area contributed by atoms with Gasteiger partial charge in [0, 0.05) is 31.0 Å². The fourth-order valence-electron chi connectivity index (χ4n) is 1.65. The molecular weight excluding hydrogens is 208 g/mol. The van der Waals surface area contributed by atoms with Crippen LogP contribution in [0.1, 0.15) is 24.4 Å². The van der Waals surface area contributed by atoms with Crippen molar-refractivity contribution in [3.05, 3.63) is 29.0 Å². The molecule has 1 atom stereocenters. The van der Waals surface area contributed by atoms with Gasteiger partial charge in [-0.25, -0.2) is 9.97 Å². The van der Waals surface area contributed by atoms with E-state index in [0.717, 1.165) is 17.4 Å². The summed E-state index contributed by atoms with van der Waals surface area (Å²) in [6.45, 7) is 2.16. The van der Waals surface area contributed by atoms with Crippen molar-refractivity contribution in [1.29, 1.82) is 0 Å². The minimum Gasteiger partial charge on any atom is -0.359 e. The maximum atomic E-state index is 4.36. The summed E-state index contributed by atoms with van der Waals surface area (Å²) in [6, 6.07) is 0.287. The molecule has 15 heavy (non-hydrogen) atoms. The van der Waals surface area contributed by atoms with Gasteiger partial charge < -0.3 is 9.88 Å². The van der Waals surface area contributed by atoms with Crippen molar-refractivity contribution < 1.29 is 0 Å². The Morgan fingerprint density at radius 1 is 1.47 bits per heavy atom. The van der Waals surface area contributed by atoms with E-state index in [1.54, 1.807) is 11.3 Å². The van der Waals surface area contributed by atoms with Crippen LogP contribution in [0.2, 0.25) is 0 Å². The van der Waals surface area contributed by atoms with Crippen molar-refractivity contribution in [1.82, 2.24) is 14.5 Å². The molecule has 0 aliphatic carbocycles. The standard InChI is InChI=1S/C10H14N4S/c1-3-8(9-12-5-7-15-9)14-6-4-13-10(14)11-2/h4-8H,3H2,1-2H3,(H,11,13). The van der Waals surface area contributed by atoms with E-state index in [4.69, 9.17) is 0 Å². The summed E-state index contributed by atoms with van der Waals surface area (Å²) in [6.07, 6.45) is 6.65. The molecule has 0 fully saturated rings. The molecule has 1 N–H and O–H groups in total. The average molecular weight is 222 g/mol. The van der Waals surface area contributed by atoms with Crippen LogP contribution in [0.15, 0.2) is 24.0 Å². The molecule has 2 heterocycles. The van der Waals surface area contributed by atoms with Crippen LogP contribution in [0.3, 0.4) is 0 Å². The van der Waals surface area contributed by atoms with E-state index in [1.807, 2.05) is 31.0 Å². The largest absolute Gasteiger partial charge is 0.359 e. The normalized spacial score (nSPS) is 12.7. The lowest BCUT2D eigenvalue weighted by atomic mass is 10.2. The molecular formula is C10H14N4S. The molecule has 0 aliphatic rings. The van der Waals surface area contributed by atoms with E-state index in [0.29, 0.717) is 0 Å². The number of imidazole rings is 1. The van der Waals surface area contributed by atoms with Crippen LogP contribution in [0.5, 0.6) is 0 Å². The van der Waals surface area contributed by atoms with Gasteiger partial charge in [0.25, 0.3) is 0 Å². The number of thiazole rings is 1. The second kappa shape index (κ2) is 4.44. The molecule has 80 valence electrons. The zero-order valence-electron chi connectivity index (χ0n) is 8.84. The van der Waals surface area contributed by atoms with Crippen LogP contribution in [0, 0.1) is 0 Å². The van der Waals surface area contributed by atoms with E-state index in [-0.39, 0.29) is 6.04 Å². The quantitative estimate of drug-likeness (QED) is 0.863. The van der Waals surface area contributed by atoms with Crippen LogP contribution < -0.4 is 5.32 Å². The summed E-state index contributed by atoms with van der Waals surface area (Å²) in [7, 11) is 1.88. The number of hydrogen-bond donors (Lipinski definition) is 1. The highest BCUT2D eigenvalue weighted by Crippen LogP contribution is 2.26. The van der Waals surface area contributed by atoms with E-state index in [2.05, 4.69) is 26.8 Å². The Hall–Kier alpha value is -1.36. The SMILES string of the molecule is CCC(c1nccs1)n1ccnc1NC.